The molecule has 0 saturated heterocycles. The Labute approximate surface area is 155 Å². The molecule has 0 unspecified atom stereocenters. The van der Waals surface area contributed by atoms with Gasteiger partial charge in [-0.2, -0.15) is 10.1 Å². The van der Waals surface area contributed by atoms with Crippen LogP contribution in [0.3, 0.4) is 0 Å². The zero-order chi connectivity index (χ0) is 18.3. The maximum absolute atomic E-state index is 12.5. The first-order valence-corrected chi connectivity index (χ1v) is 8.83. The third-order valence-corrected chi connectivity index (χ3v) is 4.64. The number of carbonyl (C=O) groups is 1. The number of nitrogens with one attached hydrogen (secondary N) is 1. The highest BCUT2D eigenvalue weighted by atomic mass is 35.5. The zero-order valence-electron chi connectivity index (χ0n) is 14.4. The Balaban J connectivity index is 1.47. The molecule has 0 radical (unpaired) electrons. The van der Waals surface area contributed by atoms with Crippen molar-refractivity contribution in [2.75, 3.05) is 0 Å². The minimum absolute atomic E-state index is 0.217. The van der Waals surface area contributed by atoms with E-state index in [1.807, 2.05) is 18.2 Å². The van der Waals surface area contributed by atoms with Gasteiger partial charge in [0.2, 0.25) is 11.7 Å². The summed E-state index contributed by atoms with van der Waals surface area (Å²) in [6, 6.07) is 8.59. The Morgan fingerprint density at radius 1 is 1.35 bits per heavy atom. The maximum atomic E-state index is 12.5. The van der Waals surface area contributed by atoms with Gasteiger partial charge >= 0.3 is 0 Å². The second-order valence-corrected chi connectivity index (χ2v) is 6.95. The minimum atomic E-state index is -0.421. The summed E-state index contributed by atoms with van der Waals surface area (Å²) in [6.45, 7) is 1.80. The number of rotatable bonds is 5. The van der Waals surface area contributed by atoms with E-state index in [1.54, 1.807) is 30.8 Å². The molecule has 1 fully saturated rings. The van der Waals surface area contributed by atoms with Gasteiger partial charge in [-0.3, -0.25) is 9.48 Å². The van der Waals surface area contributed by atoms with Gasteiger partial charge in [0, 0.05) is 23.6 Å². The number of hydrogen-bond donors (Lipinski definition) is 1. The quantitative estimate of drug-likeness (QED) is 0.741. The SMILES string of the molecule is C[C@@H](NC(=O)c1cc(C2CC2)nn1C)c1nc(-c2ccc(Cl)cc2)no1. The fraction of sp³-hybridized carbons (Fsp3) is 0.333. The van der Waals surface area contributed by atoms with Crippen LogP contribution in [0.4, 0.5) is 0 Å². The first-order chi connectivity index (χ1) is 12.5. The van der Waals surface area contributed by atoms with Gasteiger partial charge in [-0.05, 0) is 50.1 Å². The molecule has 1 N–H and O–H groups in total. The van der Waals surface area contributed by atoms with E-state index in [-0.39, 0.29) is 5.91 Å². The molecule has 0 bridgehead atoms. The lowest BCUT2D eigenvalue weighted by atomic mass is 10.2. The fourth-order valence-corrected chi connectivity index (χ4v) is 2.87. The molecule has 1 saturated carbocycles. The summed E-state index contributed by atoms with van der Waals surface area (Å²) in [5, 5.41) is 11.9. The van der Waals surface area contributed by atoms with Crippen LogP contribution in [0.1, 0.15) is 53.8 Å². The Hall–Kier alpha value is -2.67. The number of carbonyl (C=O) groups excluding carboxylic acids is 1. The molecule has 2 heterocycles. The van der Waals surface area contributed by atoms with Gasteiger partial charge in [-0.1, -0.05) is 16.8 Å². The maximum Gasteiger partial charge on any atom is 0.270 e. The molecule has 1 aromatic carbocycles. The van der Waals surface area contributed by atoms with Gasteiger partial charge in [0.25, 0.3) is 5.91 Å². The third kappa shape index (κ3) is 3.35. The van der Waals surface area contributed by atoms with Crippen molar-refractivity contribution in [2.24, 2.45) is 7.05 Å². The first-order valence-electron chi connectivity index (χ1n) is 8.45. The number of hydrogen-bond acceptors (Lipinski definition) is 5. The number of amides is 1. The Kier molecular flexibility index (Phi) is 4.24. The van der Waals surface area contributed by atoms with Crippen LogP contribution in [0.25, 0.3) is 11.4 Å². The molecule has 8 heteroatoms. The minimum Gasteiger partial charge on any atom is -0.339 e. The van der Waals surface area contributed by atoms with Crippen molar-refractivity contribution in [2.45, 2.75) is 31.7 Å². The van der Waals surface area contributed by atoms with Crippen LogP contribution in [-0.2, 0) is 7.05 Å². The van der Waals surface area contributed by atoms with Crippen LogP contribution >= 0.6 is 11.6 Å². The lowest BCUT2D eigenvalue weighted by Gasteiger charge is -2.09. The summed E-state index contributed by atoms with van der Waals surface area (Å²) in [5.41, 5.74) is 2.30. The van der Waals surface area contributed by atoms with Crippen LogP contribution < -0.4 is 5.32 Å². The van der Waals surface area contributed by atoms with E-state index in [9.17, 15) is 4.79 Å². The predicted octanol–water partition coefficient (Wildman–Crippen LogP) is 3.49. The molecule has 4 rings (SSSR count). The van der Waals surface area contributed by atoms with Gasteiger partial charge in [-0.25, -0.2) is 0 Å². The highest BCUT2D eigenvalue weighted by Gasteiger charge is 2.28. The number of halogens is 1. The summed E-state index contributed by atoms with van der Waals surface area (Å²) < 4.78 is 6.91. The lowest BCUT2D eigenvalue weighted by Crippen LogP contribution is -2.28. The summed E-state index contributed by atoms with van der Waals surface area (Å²) in [4.78, 5) is 16.9. The molecule has 1 aliphatic carbocycles. The Morgan fingerprint density at radius 2 is 2.08 bits per heavy atom. The van der Waals surface area contributed by atoms with Crippen LogP contribution in [0.2, 0.25) is 5.02 Å². The van der Waals surface area contributed by atoms with Crippen molar-refractivity contribution in [3.05, 3.63) is 52.6 Å². The number of aryl methyl sites for hydroxylation is 1. The van der Waals surface area contributed by atoms with E-state index in [2.05, 4.69) is 20.6 Å². The Morgan fingerprint density at radius 3 is 2.77 bits per heavy atom. The first kappa shape index (κ1) is 16.8. The second-order valence-electron chi connectivity index (χ2n) is 6.51. The predicted molar refractivity (Wildman–Crippen MR) is 95.8 cm³/mol. The monoisotopic (exact) mass is 371 g/mol. The standard InChI is InChI=1S/C18H18ClN5O2/c1-10(18-21-16(23-26-18)12-5-7-13(19)8-6-12)20-17(25)15-9-14(11-3-4-11)22-24(15)2/h5-11H,3-4H2,1-2H3,(H,20,25)/t10-/m1/s1. The zero-order valence-corrected chi connectivity index (χ0v) is 15.2. The summed E-state index contributed by atoms with van der Waals surface area (Å²) in [6.07, 6.45) is 2.29. The van der Waals surface area contributed by atoms with Gasteiger partial charge in [0.1, 0.15) is 11.7 Å². The van der Waals surface area contributed by atoms with Crippen LogP contribution in [-0.4, -0.2) is 25.8 Å². The van der Waals surface area contributed by atoms with Crippen molar-refractivity contribution in [3.8, 4) is 11.4 Å². The van der Waals surface area contributed by atoms with Crippen molar-refractivity contribution in [1.82, 2.24) is 25.2 Å². The van der Waals surface area contributed by atoms with Crippen LogP contribution in [0.5, 0.6) is 0 Å². The summed E-state index contributed by atoms with van der Waals surface area (Å²) >= 11 is 5.89. The molecule has 7 nitrogen and oxygen atoms in total. The molecule has 0 aliphatic heterocycles. The molecule has 2 aromatic heterocycles. The van der Waals surface area contributed by atoms with E-state index in [0.29, 0.717) is 28.3 Å². The topological polar surface area (TPSA) is 85.8 Å². The van der Waals surface area contributed by atoms with Crippen molar-refractivity contribution >= 4 is 17.5 Å². The molecule has 1 amide bonds. The average molecular weight is 372 g/mol. The number of nitrogens with zero attached hydrogens (tertiary/aromatic N) is 4. The van der Waals surface area contributed by atoms with Crippen molar-refractivity contribution < 1.29 is 9.32 Å². The van der Waals surface area contributed by atoms with Gasteiger partial charge < -0.3 is 9.84 Å². The molecule has 1 atom stereocenters. The largest absolute Gasteiger partial charge is 0.339 e. The Bertz CT molecular complexity index is 943. The van der Waals surface area contributed by atoms with Crippen molar-refractivity contribution in [1.29, 1.82) is 0 Å². The van der Waals surface area contributed by atoms with Gasteiger partial charge in [-0.15, -0.1) is 0 Å². The van der Waals surface area contributed by atoms with Gasteiger partial charge in [0.15, 0.2) is 0 Å². The fourth-order valence-electron chi connectivity index (χ4n) is 2.74. The summed E-state index contributed by atoms with van der Waals surface area (Å²) in [7, 11) is 1.77. The van der Waals surface area contributed by atoms with Crippen LogP contribution in [0, 0.1) is 0 Å². The van der Waals surface area contributed by atoms with Crippen LogP contribution in [0.15, 0.2) is 34.9 Å². The molecule has 134 valence electrons. The molecular weight excluding hydrogens is 354 g/mol. The molecule has 1 aliphatic rings. The smallest absolute Gasteiger partial charge is 0.270 e. The normalized spacial score (nSPS) is 15.0. The second kappa shape index (κ2) is 6.57. The highest BCUT2D eigenvalue weighted by molar-refractivity contribution is 6.30. The van der Waals surface area contributed by atoms with E-state index in [1.165, 1.54) is 0 Å². The van der Waals surface area contributed by atoms with E-state index < -0.39 is 6.04 Å². The third-order valence-electron chi connectivity index (χ3n) is 4.39. The van der Waals surface area contributed by atoms with E-state index in [4.69, 9.17) is 16.1 Å². The average Bonchev–Trinajstić information content (AvgIpc) is 3.21. The van der Waals surface area contributed by atoms with Crippen molar-refractivity contribution in [3.63, 3.8) is 0 Å². The van der Waals surface area contributed by atoms with E-state index in [0.717, 1.165) is 24.1 Å². The number of benzene rings is 1. The molecule has 3 aromatic rings. The highest BCUT2D eigenvalue weighted by Crippen LogP contribution is 2.39. The van der Waals surface area contributed by atoms with E-state index >= 15 is 0 Å². The number of aromatic nitrogens is 4. The molecule has 0 spiro atoms. The van der Waals surface area contributed by atoms with Gasteiger partial charge in [0.05, 0.1) is 5.69 Å². The molecule has 26 heavy (non-hydrogen) atoms. The summed E-state index contributed by atoms with van der Waals surface area (Å²) in [5.74, 6) is 1.07. The molecular formula is C18H18ClN5O2. The lowest BCUT2D eigenvalue weighted by molar-refractivity contribution is 0.0923.